The van der Waals surface area contributed by atoms with Gasteiger partial charge in [0.2, 0.25) is 15.9 Å². The largest absolute Gasteiger partial charge is 0.376 e. The molecule has 2 aromatic rings. The van der Waals surface area contributed by atoms with Crippen molar-refractivity contribution in [3.63, 3.8) is 0 Å². The first-order valence-corrected chi connectivity index (χ1v) is 14.3. The van der Waals surface area contributed by atoms with Crippen LogP contribution in [0, 0.1) is 17.6 Å². The Morgan fingerprint density at radius 2 is 1.95 bits per heavy atom. The molecule has 0 aromatic heterocycles. The zero-order valence-electron chi connectivity index (χ0n) is 20.4. The fraction of sp³-hybridized carbons (Fsp3) is 0.444. The molecule has 3 aliphatic rings. The quantitative estimate of drug-likeness (QED) is 0.520. The lowest BCUT2D eigenvalue weighted by Crippen LogP contribution is -2.50. The van der Waals surface area contributed by atoms with Gasteiger partial charge in [-0.1, -0.05) is 36.4 Å². The van der Waals surface area contributed by atoms with Gasteiger partial charge in [0.1, 0.15) is 17.7 Å². The molecule has 10 heteroatoms. The molecule has 2 N–H and O–H groups in total. The maximum absolute atomic E-state index is 14.6. The monoisotopic (exact) mass is 531 g/mol. The van der Waals surface area contributed by atoms with Gasteiger partial charge in [-0.05, 0) is 54.5 Å². The van der Waals surface area contributed by atoms with Crippen molar-refractivity contribution >= 4 is 21.5 Å². The number of amides is 1. The third-order valence-electron chi connectivity index (χ3n) is 7.11. The molecule has 1 unspecified atom stereocenters. The summed E-state index contributed by atoms with van der Waals surface area (Å²) in [5, 5.41) is 3.18. The van der Waals surface area contributed by atoms with Crippen molar-refractivity contribution in [2.75, 3.05) is 32.0 Å². The lowest BCUT2D eigenvalue weighted by molar-refractivity contribution is -0.134. The number of nitrogens with one attached hydrogen (secondary N) is 2. The van der Waals surface area contributed by atoms with Gasteiger partial charge < -0.3 is 15.0 Å². The summed E-state index contributed by atoms with van der Waals surface area (Å²) in [7, 11) is -3.75. The van der Waals surface area contributed by atoms with Crippen molar-refractivity contribution in [1.82, 2.24) is 14.9 Å². The first-order chi connectivity index (χ1) is 17.8. The highest BCUT2D eigenvalue weighted by Crippen LogP contribution is 2.39. The average Bonchev–Trinajstić information content (AvgIpc) is 3.66. The Labute approximate surface area is 215 Å². The van der Waals surface area contributed by atoms with Crippen LogP contribution in [0.15, 0.2) is 54.6 Å². The highest BCUT2D eigenvalue weighted by atomic mass is 32.2. The van der Waals surface area contributed by atoms with Gasteiger partial charge >= 0.3 is 0 Å². The second-order valence-corrected chi connectivity index (χ2v) is 11.7. The van der Waals surface area contributed by atoms with E-state index in [9.17, 15) is 22.0 Å². The van der Waals surface area contributed by atoms with E-state index in [4.69, 9.17) is 4.74 Å². The topological polar surface area (TPSA) is 87.7 Å². The molecule has 1 aliphatic carbocycles. The lowest BCUT2D eigenvalue weighted by Gasteiger charge is -2.30. The summed E-state index contributed by atoms with van der Waals surface area (Å²) in [6, 6.07) is 11.1. The van der Waals surface area contributed by atoms with Gasteiger partial charge in [-0.15, -0.1) is 0 Å². The minimum atomic E-state index is -3.75. The van der Waals surface area contributed by atoms with Crippen LogP contribution in [0.4, 0.5) is 8.78 Å². The number of morpholine rings is 1. The fourth-order valence-corrected chi connectivity index (χ4v) is 6.35. The minimum Gasteiger partial charge on any atom is -0.376 e. The number of ether oxygens (including phenoxy) is 1. The van der Waals surface area contributed by atoms with Crippen molar-refractivity contribution in [3.05, 3.63) is 77.4 Å². The molecule has 2 aromatic carbocycles. The van der Waals surface area contributed by atoms with Crippen molar-refractivity contribution in [3.8, 4) is 0 Å². The number of benzene rings is 2. The summed E-state index contributed by atoms with van der Waals surface area (Å²) >= 11 is 0. The van der Waals surface area contributed by atoms with E-state index in [-0.39, 0.29) is 35.8 Å². The van der Waals surface area contributed by atoms with Crippen molar-refractivity contribution in [1.29, 1.82) is 0 Å². The Hall–Kier alpha value is -2.66. The van der Waals surface area contributed by atoms with E-state index < -0.39 is 33.7 Å². The van der Waals surface area contributed by atoms with Gasteiger partial charge in [-0.2, -0.15) is 0 Å². The standard InChI is InChI=1S/C27H31F2N3O4S/c28-21-8-9-24(29)23(15-21)20-14-25(18-4-2-1-3-5-18)32(17-20)27(33)26(19-6-7-19)31-37(34,35)13-10-22-16-30-11-12-36-22/h1-5,8-9,14-15,19,22,25-26,30-31H,6-7,10-13,16-17H2/t22?,25-,26-/m0/s1. The predicted molar refractivity (Wildman–Crippen MR) is 136 cm³/mol. The molecule has 198 valence electrons. The van der Waals surface area contributed by atoms with Crippen LogP contribution in [-0.4, -0.2) is 63.4 Å². The van der Waals surface area contributed by atoms with Crippen LogP contribution in [0.5, 0.6) is 0 Å². The number of carbonyl (C=O) groups is 1. The highest BCUT2D eigenvalue weighted by Gasteiger charge is 2.43. The molecule has 7 nitrogen and oxygen atoms in total. The Morgan fingerprint density at radius 3 is 2.65 bits per heavy atom. The summed E-state index contributed by atoms with van der Waals surface area (Å²) in [5.41, 5.74) is 1.39. The number of hydrogen-bond acceptors (Lipinski definition) is 5. The van der Waals surface area contributed by atoms with Crippen LogP contribution < -0.4 is 10.0 Å². The molecule has 3 atom stereocenters. The molecule has 1 saturated heterocycles. The summed E-state index contributed by atoms with van der Waals surface area (Å²) in [4.78, 5) is 15.5. The molecule has 1 amide bonds. The van der Waals surface area contributed by atoms with E-state index >= 15 is 0 Å². The molecular formula is C27H31F2N3O4S. The first-order valence-electron chi connectivity index (χ1n) is 12.6. The van der Waals surface area contributed by atoms with E-state index in [1.807, 2.05) is 30.3 Å². The molecule has 0 spiro atoms. The summed E-state index contributed by atoms with van der Waals surface area (Å²) in [6.45, 7) is 1.93. The number of nitrogens with zero attached hydrogens (tertiary/aromatic N) is 1. The van der Waals surface area contributed by atoms with Gasteiger partial charge in [-0.25, -0.2) is 21.9 Å². The average molecular weight is 532 g/mol. The van der Waals surface area contributed by atoms with Crippen LogP contribution in [0.2, 0.25) is 0 Å². The number of halogens is 2. The Bertz CT molecular complexity index is 1260. The molecule has 1 saturated carbocycles. The lowest BCUT2D eigenvalue weighted by atomic mass is 10.0. The van der Waals surface area contributed by atoms with Gasteiger partial charge in [0.15, 0.2) is 0 Å². The molecule has 2 heterocycles. The van der Waals surface area contributed by atoms with E-state index in [1.54, 1.807) is 11.0 Å². The Morgan fingerprint density at radius 1 is 1.16 bits per heavy atom. The number of rotatable bonds is 9. The third-order valence-corrected chi connectivity index (χ3v) is 8.50. The van der Waals surface area contributed by atoms with Gasteiger partial charge in [0.05, 0.1) is 24.5 Å². The first kappa shape index (κ1) is 26.0. The fourth-order valence-electron chi connectivity index (χ4n) is 4.98. The predicted octanol–water partition coefficient (Wildman–Crippen LogP) is 3.01. The summed E-state index contributed by atoms with van der Waals surface area (Å²) in [5.74, 6) is -1.75. The van der Waals surface area contributed by atoms with Crippen molar-refractivity contribution in [2.24, 2.45) is 5.92 Å². The normalized spacial score (nSPS) is 23.1. The number of carbonyl (C=O) groups excluding carboxylic acids is 1. The molecule has 5 rings (SSSR count). The van der Waals surface area contributed by atoms with Gasteiger partial charge in [0, 0.05) is 25.2 Å². The van der Waals surface area contributed by atoms with Crippen LogP contribution in [0.3, 0.4) is 0 Å². The molecule has 0 bridgehead atoms. The second kappa shape index (κ2) is 11.0. The SMILES string of the molecule is O=C([C@@H](NS(=O)(=O)CCC1CNCCO1)C1CC1)N1CC(c2cc(F)ccc2F)=C[C@H]1c1ccccc1. The maximum Gasteiger partial charge on any atom is 0.242 e. The van der Waals surface area contributed by atoms with E-state index in [0.29, 0.717) is 25.1 Å². The number of hydrogen-bond donors (Lipinski definition) is 2. The summed E-state index contributed by atoms with van der Waals surface area (Å²) < 4.78 is 62.8. The molecular weight excluding hydrogens is 500 g/mol. The smallest absolute Gasteiger partial charge is 0.242 e. The van der Waals surface area contributed by atoms with Crippen LogP contribution in [-0.2, 0) is 19.6 Å². The van der Waals surface area contributed by atoms with Crippen LogP contribution >= 0.6 is 0 Å². The molecule has 2 fully saturated rings. The number of sulfonamides is 1. The van der Waals surface area contributed by atoms with Gasteiger partial charge in [0.25, 0.3) is 0 Å². The highest BCUT2D eigenvalue weighted by molar-refractivity contribution is 7.89. The van der Waals surface area contributed by atoms with Gasteiger partial charge in [-0.3, -0.25) is 4.79 Å². The van der Waals surface area contributed by atoms with Crippen molar-refractivity contribution in [2.45, 2.75) is 37.5 Å². The zero-order valence-corrected chi connectivity index (χ0v) is 21.2. The van der Waals surface area contributed by atoms with E-state index in [0.717, 1.165) is 43.1 Å². The zero-order chi connectivity index (χ0) is 26.0. The second-order valence-electron chi connectivity index (χ2n) is 9.88. The molecule has 2 aliphatic heterocycles. The van der Waals surface area contributed by atoms with E-state index in [2.05, 4.69) is 10.0 Å². The maximum atomic E-state index is 14.6. The summed E-state index contributed by atoms with van der Waals surface area (Å²) in [6.07, 6.45) is 3.40. The Kier molecular flexibility index (Phi) is 7.71. The van der Waals surface area contributed by atoms with Crippen LogP contribution in [0.25, 0.3) is 5.57 Å². The molecule has 37 heavy (non-hydrogen) atoms. The third kappa shape index (κ3) is 6.26. The van der Waals surface area contributed by atoms with Crippen molar-refractivity contribution < 1.29 is 26.7 Å². The Balaban J connectivity index is 1.37. The van der Waals surface area contributed by atoms with E-state index in [1.165, 1.54) is 0 Å². The molecule has 0 radical (unpaired) electrons. The minimum absolute atomic E-state index is 0.0469. The van der Waals surface area contributed by atoms with Crippen LogP contribution in [0.1, 0.15) is 36.4 Å².